The van der Waals surface area contributed by atoms with Crippen LogP contribution in [-0.4, -0.2) is 16.9 Å². The molecule has 1 aromatic rings. The number of halogens is 1. The number of amides is 1. The summed E-state index contributed by atoms with van der Waals surface area (Å²) in [5, 5.41) is 2.96. The second-order valence-corrected chi connectivity index (χ2v) is 4.68. The summed E-state index contributed by atoms with van der Waals surface area (Å²) in [6, 6.07) is 2.84. The first-order valence-electron chi connectivity index (χ1n) is 6.09. The lowest BCUT2D eigenvalue weighted by atomic mass is 9.99. The monoisotopic (exact) mass is 236 g/mol. The van der Waals surface area contributed by atoms with Gasteiger partial charge in [0.25, 0.3) is 5.91 Å². The number of aromatic nitrogens is 1. The Balaban J connectivity index is 1.94. The largest absolute Gasteiger partial charge is 0.349 e. The van der Waals surface area contributed by atoms with E-state index in [1.54, 1.807) is 0 Å². The Bertz CT molecular complexity index is 385. The predicted molar refractivity (Wildman–Crippen MR) is 63.1 cm³/mol. The van der Waals surface area contributed by atoms with Gasteiger partial charge in [-0.3, -0.25) is 4.79 Å². The van der Waals surface area contributed by atoms with Crippen LogP contribution in [0.2, 0.25) is 0 Å². The quantitative estimate of drug-likeness (QED) is 0.819. The van der Waals surface area contributed by atoms with E-state index in [9.17, 15) is 9.18 Å². The zero-order valence-corrected chi connectivity index (χ0v) is 9.95. The van der Waals surface area contributed by atoms with Crippen LogP contribution < -0.4 is 5.32 Å². The molecule has 0 spiro atoms. The fourth-order valence-electron chi connectivity index (χ4n) is 2.38. The molecule has 3 nitrogen and oxygen atoms in total. The topological polar surface area (TPSA) is 42.0 Å². The van der Waals surface area contributed by atoms with E-state index in [1.165, 1.54) is 44.0 Å². The fraction of sp³-hybridized carbons (Fsp3) is 0.538. The lowest BCUT2D eigenvalue weighted by Crippen LogP contribution is -2.37. The van der Waals surface area contributed by atoms with Crippen LogP contribution in [-0.2, 0) is 0 Å². The van der Waals surface area contributed by atoms with Gasteiger partial charge in [-0.1, -0.05) is 12.8 Å². The maximum absolute atomic E-state index is 12.6. The molecule has 17 heavy (non-hydrogen) atoms. The van der Waals surface area contributed by atoms with Crippen LogP contribution in [0.15, 0.2) is 18.3 Å². The SMILES string of the molecule is CC(NC(=O)c1ccc(F)nc1)C1CCCC1. The van der Waals surface area contributed by atoms with E-state index in [2.05, 4.69) is 10.3 Å². The highest BCUT2D eigenvalue weighted by Gasteiger charge is 2.23. The molecule has 0 radical (unpaired) electrons. The average molecular weight is 236 g/mol. The molecule has 0 bridgehead atoms. The lowest BCUT2D eigenvalue weighted by Gasteiger charge is -2.20. The molecule has 0 saturated heterocycles. The van der Waals surface area contributed by atoms with Crippen LogP contribution in [0.3, 0.4) is 0 Å². The first-order valence-corrected chi connectivity index (χ1v) is 6.09. The number of hydrogen-bond donors (Lipinski definition) is 1. The Kier molecular flexibility index (Phi) is 3.71. The van der Waals surface area contributed by atoms with E-state index in [4.69, 9.17) is 0 Å². The molecule has 0 aliphatic heterocycles. The molecule has 1 fully saturated rings. The van der Waals surface area contributed by atoms with Gasteiger partial charge in [-0.05, 0) is 37.8 Å². The number of carbonyl (C=O) groups excluding carboxylic acids is 1. The van der Waals surface area contributed by atoms with Crippen molar-refractivity contribution in [2.75, 3.05) is 0 Å². The van der Waals surface area contributed by atoms with Gasteiger partial charge < -0.3 is 5.32 Å². The van der Waals surface area contributed by atoms with E-state index in [0.717, 1.165) is 0 Å². The average Bonchev–Trinajstić information content (AvgIpc) is 2.83. The summed E-state index contributed by atoms with van der Waals surface area (Å²) >= 11 is 0. The summed E-state index contributed by atoms with van der Waals surface area (Å²) in [6.07, 6.45) is 6.14. The predicted octanol–water partition coefficient (Wildman–Crippen LogP) is 2.53. The first-order chi connectivity index (χ1) is 8.16. The Morgan fingerprint density at radius 3 is 2.76 bits per heavy atom. The van der Waals surface area contributed by atoms with Gasteiger partial charge in [0, 0.05) is 12.2 Å². The summed E-state index contributed by atoms with van der Waals surface area (Å²) in [7, 11) is 0. The third-order valence-corrected chi connectivity index (χ3v) is 3.46. The molecular weight excluding hydrogens is 219 g/mol. The first kappa shape index (κ1) is 12.0. The van der Waals surface area contributed by atoms with Crippen LogP contribution in [0.4, 0.5) is 4.39 Å². The standard InChI is InChI=1S/C13H17FN2O/c1-9(10-4-2-3-5-10)16-13(17)11-6-7-12(14)15-8-11/h6-10H,2-5H2,1H3,(H,16,17). The van der Waals surface area contributed by atoms with Gasteiger partial charge in [0.1, 0.15) is 0 Å². The highest BCUT2D eigenvalue weighted by atomic mass is 19.1. The summed E-state index contributed by atoms with van der Waals surface area (Å²) in [5.41, 5.74) is 0.413. The summed E-state index contributed by atoms with van der Waals surface area (Å²) in [6.45, 7) is 2.03. The van der Waals surface area contributed by atoms with Gasteiger partial charge in [-0.25, -0.2) is 4.98 Å². The van der Waals surface area contributed by atoms with E-state index in [1.807, 2.05) is 6.92 Å². The summed E-state index contributed by atoms with van der Waals surface area (Å²) in [4.78, 5) is 15.3. The van der Waals surface area contributed by atoms with Crippen molar-refractivity contribution in [3.05, 3.63) is 29.8 Å². The molecule has 1 aliphatic rings. The molecule has 1 heterocycles. The lowest BCUT2D eigenvalue weighted by molar-refractivity contribution is 0.0926. The molecule has 4 heteroatoms. The Morgan fingerprint density at radius 2 is 2.18 bits per heavy atom. The fourth-order valence-corrected chi connectivity index (χ4v) is 2.38. The van der Waals surface area contributed by atoms with Crippen molar-refractivity contribution in [2.45, 2.75) is 38.6 Å². The van der Waals surface area contributed by atoms with Crippen molar-refractivity contribution in [1.29, 1.82) is 0 Å². The van der Waals surface area contributed by atoms with Crippen LogP contribution in [0, 0.1) is 11.9 Å². The molecule has 92 valence electrons. The molecular formula is C13H17FN2O. The second-order valence-electron chi connectivity index (χ2n) is 4.68. The zero-order chi connectivity index (χ0) is 12.3. The van der Waals surface area contributed by atoms with Crippen LogP contribution in [0.5, 0.6) is 0 Å². The maximum Gasteiger partial charge on any atom is 0.253 e. The molecule has 1 amide bonds. The van der Waals surface area contributed by atoms with E-state index in [0.29, 0.717) is 11.5 Å². The number of hydrogen-bond acceptors (Lipinski definition) is 2. The Morgan fingerprint density at radius 1 is 1.47 bits per heavy atom. The Hall–Kier alpha value is -1.45. The van der Waals surface area contributed by atoms with Crippen molar-refractivity contribution in [3.63, 3.8) is 0 Å². The normalized spacial score (nSPS) is 18.0. The number of carbonyl (C=O) groups is 1. The van der Waals surface area contributed by atoms with Crippen molar-refractivity contribution in [3.8, 4) is 0 Å². The van der Waals surface area contributed by atoms with Crippen LogP contribution in [0.1, 0.15) is 43.0 Å². The smallest absolute Gasteiger partial charge is 0.253 e. The minimum atomic E-state index is -0.564. The molecule has 0 aromatic carbocycles. The molecule has 2 rings (SSSR count). The summed E-state index contributed by atoms with van der Waals surface area (Å²) in [5.74, 6) is -0.158. The number of rotatable bonds is 3. The van der Waals surface area contributed by atoms with E-state index < -0.39 is 5.95 Å². The van der Waals surface area contributed by atoms with E-state index >= 15 is 0 Å². The molecule has 1 atom stereocenters. The van der Waals surface area contributed by atoms with Crippen molar-refractivity contribution >= 4 is 5.91 Å². The molecule has 1 aromatic heterocycles. The molecule has 1 aliphatic carbocycles. The number of nitrogens with one attached hydrogen (secondary N) is 1. The van der Waals surface area contributed by atoms with Gasteiger partial charge in [-0.2, -0.15) is 4.39 Å². The third kappa shape index (κ3) is 3.02. The van der Waals surface area contributed by atoms with Gasteiger partial charge in [-0.15, -0.1) is 0 Å². The van der Waals surface area contributed by atoms with Gasteiger partial charge in [0.05, 0.1) is 5.56 Å². The van der Waals surface area contributed by atoms with Crippen LogP contribution in [0.25, 0.3) is 0 Å². The number of nitrogens with zero attached hydrogens (tertiary/aromatic N) is 1. The molecule has 1 unspecified atom stereocenters. The van der Waals surface area contributed by atoms with E-state index in [-0.39, 0.29) is 11.9 Å². The highest BCUT2D eigenvalue weighted by Crippen LogP contribution is 2.27. The summed E-state index contributed by atoms with van der Waals surface area (Å²) < 4.78 is 12.6. The van der Waals surface area contributed by atoms with Crippen molar-refractivity contribution in [1.82, 2.24) is 10.3 Å². The second kappa shape index (κ2) is 5.25. The van der Waals surface area contributed by atoms with Gasteiger partial charge >= 0.3 is 0 Å². The van der Waals surface area contributed by atoms with Gasteiger partial charge in [0.2, 0.25) is 5.95 Å². The van der Waals surface area contributed by atoms with Crippen LogP contribution >= 0.6 is 0 Å². The zero-order valence-electron chi connectivity index (χ0n) is 9.95. The Labute approximate surface area is 100 Å². The minimum Gasteiger partial charge on any atom is -0.349 e. The minimum absolute atomic E-state index is 0.170. The number of pyridine rings is 1. The molecule has 1 saturated carbocycles. The highest BCUT2D eigenvalue weighted by molar-refractivity contribution is 5.93. The maximum atomic E-state index is 12.6. The third-order valence-electron chi connectivity index (χ3n) is 3.46. The van der Waals surface area contributed by atoms with Crippen molar-refractivity contribution < 1.29 is 9.18 Å². The van der Waals surface area contributed by atoms with Crippen molar-refractivity contribution in [2.24, 2.45) is 5.92 Å². The molecule has 1 N–H and O–H groups in total. The van der Waals surface area contributed by atoms with Gasteiger partial charge in [0.15, 0.2) is 0 Å².